The number of nitrogens with zero attached hydrogens (tertiary/aromatic N) is 1. The van der Waals surface area contributed by atoms with E-state index in [4.69, 9.17) is 4.74 Å². The van der Waals surface area contributed by atoms with Crippen LogP contribution in [0.3, 0.4) is 0 Å². The van der Waals surface area contributed by atoms with Crippen LogP contribution in [0.1, 0.15) is 23.0 Å². The lowest BCUT2D eigenvalue weighted by molar-refractivity contribution is 0.0519. The molecule has 1 aromatic heterocycles. The number of nitrogens with one attached hydrogen (secondary N) is 1. The summed E-state index contributed by atoms with van der Waals surface area (Å²) < 4.78 is 4.88. The van der Waals surface area contributed by atoms with Gasteiger partial charge >= 0.3 is 5.97 Å². The summed E-state index contributed by atoms with van der Waals surface area (Å²) in [6.45, 7) is 4.15. The summed E-state index contributed by atoms with van der Waals surface area (Å²) in [6.07, 6.45) is 1.62. The Morgan fingerprint density at radius 3 is 2.68 bits per heavy atom. The molecular weight excluding hydrogens is 240 g/mol. The highest BCUT2D eigenvalue weighted by molar-refractivity contribution is 5.87. The molecule has 0 saturated heterocycles. The monoisotopic (exact) mass is 256 g/mol. The molecule has 0 atom stereocenters. The van der Waals surface area contributed by atoms with E-state index in [1.165, 1.54) is 0 Å². The normalized spacial score (nSPS) is 10.0. The second-order valence-corrected chi connectivity index (χ2v) is 4.09. The minimum Gasteiger partial charge on any atom is -0.461 e. The maximum Gasteiger partial charge on any atom is 0.356 e. The quantitative estimate of drug-likeness (QED) is 0.853. The first-order chi connectivity index (χ1) is 9.20. The van der Waals surface area contributed by atoms with Gasteiger partial charge in [-0.15, -0.1) is 0 Å². The van der Waals surface area contributed by atoms with Crippen molar-refractivity contribution < 1.29 is 9.53 Å². The smallest absolute Gasteiger partial charge is 0.356 e. The highest BCUT2D eigenvalue weighted by Crippen LogP contribution is 2.19. The van der Waals surface area contributed by atoms with E-state index in [0.717, 1.165) is 16.9 Å². The van der Waals surface area contributed by atoms with Gasteiger partial charge in [0.1, 0.15) is 5.69 Å². The number of esters is 1. The number of aryl methyl sites for hydroxylation is 1. The fraction of sp³-hybridized carbons (Fsp3) is 0.200. The van der Waals surface area contributed by atoms with E-state index in [1.54, 1.807) is 19.2 Å². The standard InChI is InChI=1S/C15H16N2O2/c1-3-19-15(18)14-9-8-12(10-16-14)17-13-7-5-4-6-11(13)2/h4-10,17H,3H2,1-2H3. The third-order valence-electron chi connectivity index (χ3n) is 2.67. The van der Waals surface area contributed by atoms with E-state index in [1.807, 2.05) is 37.3 Å². The average Bonchev–Trinajstić information content (AvgIpc) is 2.42. The number of ether oxygens (including phenoxy) is 1. The third-order valence-corrected chi connectivity index (χ3v) is 2.67. The molecular formula is C15H16N2O2. The summed E-state index contributed by atoms with van der Waals surface area (Å²) in [5.74, 6) is -0.398. The maximum atomic E-state index is 11.5. The molecule has 0 aliphatic heterocycles. The molecule has 2 aromatic rings. The van der Waals surface area contributed by atoms with E-state index in [-0.39, 0.29) is 0 Å². The predicted octanol–water partition coefficient (Wildman–Crippen LogP) is 3.31. The number of pyridine rings is 1. The van der Waals surface area contributed by atoms with Crippen LogP contribution >= 0.6 is 0 Å². The van der Waals surface area contributed by atoms with Crippen molar-refractivity contribution in [3.8, 4) is 0 Å². The minimum absolute atomic E-state index is 0.317. The fourth-order valence-electron chi connectivity index (χ4n) is 1.66. The summed E-state index contributed by atoms with van der Waals surface area (Å²) in [5.41, 5.74) is 3.32. The summed E-state index contributed by atoms with van der Waals surface area (Å²) in [7, 11) is 0. The van der Waals surface area contributed by atoms with Gasteiger partial charge in [-0.25, -0.2) is 9.78 Å². The number of hydrogen-bond acceptors (Lipinski definition) is 4. The van der Waals surface area contributed by atoms with Crippen LogP contribution in [-0.4, -0.2) is 17.6 Å². The van der Waals surface area contributed by atoms with Crippen molar-refractivity contribution in [2.45, 2.75) is 13.8 Å². The molecule has 1 aromatic carbocycles. The van der Waals surface area contributed by atoms with E-state index in [2.05, 4.69) is 10.3 Å². The van der Waals surface area contributed by atoms with Gasteiger partial charge in [0.15, 0.2) is 0 Å². The van der Waals surface area contributed by atoms with Crippen molar-refractivity contribution in [1.29, 1.82) is 0 Å². The Morgan fingerprint density at radius 2 is 2.05 bits per heavy atom. The van der Waals surface area contributed by atoms with Crippen molar-refractivity contribution >= 4 is 17.3 Å². The molecule has 0 spiro atoms. The van der Waals surface area contributed by atoms with E-state index >= 15 is 0 Å². The summed E-state index contributed by atoms with van der Waals surface area (Å²) in [6, 6.07) is 11.4. The van der Waals surface area contributed by atoms with Gasteiger partial charge in [-0.1, -0.05) is 18.2 Å². The second kappa shape index (κ2) is 6.00. The number of aromatic nitrogens is 1. The Hall–Kier alpha value is -2.36. The van der Waals surface area contributed by atoms with Crippen LogP contribution in [0.5, 0.6) is 0 Å². The van der Waals surface area contributed by atoms with E-state index in [0.29, 0.717) is 12.3 Å². The Morgan fingerprint density at radius 1 is 1.26 bits per heavy atom. The number of rotatable bonds is 4. The van der Waals surface area contributed by atoms with Crippen molar-refractivity contribution in [1.82, 2.24) is 4.98 Å². The lowest BCUT2D eigenvalue weighted by Crippen LogP contribution is -2.07. The largest absolute Gasteiger partial charge is 0.461 e. The summed E-state index contributed by atoms with van der Waals surface area (Å²) in [4.78, 5) is 15.5. The van der Waals surface area contributed by atoms with Crippen LogP contribution in [0, 0.1) is 6.92 Å². The molecule has 0 bridgehead atoms. The first-order valence-electron chi connectivity index (χ1n) is 6.16. The Labute approximate surface area is 112 Å². The lowest BCUT2D eigenvalue weighted by atomic mass is 10.2. The van der Waals surface area contributed by atoms with Crippen molar-refractivity contribution in [3.63, 3.8) is 0 Å². The molecule has 0 aliphatic carbocycles. The first-order valence-corrected chi connectivity index (χ1v) is 6.16. The van der Waals surface area contributed by atoms with Gasteiger partial charge in [0, 0.05) is 5.69 Å². The molecule has 0 saturated carbocycles. The van der Waals surface area contributed by atoms with Gasteiger partial charge in [0.25, 0.3) is 0 Å². The zero-order chi connectivity index (χ0) is 13.7. The predicted molar refractivity (Wildman–Crippen MR) is 74.7 cm³/mol. The molecule has 98 valence electrons. The average molecular weight is 256 g/mol. The number of hydrogen-bond donors (Lipinski definition) is 1. The van der Waals surface area contributed by atoms with Crippen LogP contribution in [0.2, 0.25) is 0 Å². The number of carbonyl (C=O) groups excluding carboxylic acids is 1. The number of benzene rings is 1. The highest BCUT2D eigenvalue weighted by Gasteiger charge is 2.07. The molecule has 0 radical (unpaired) electrons. The molecule has 4 heteroatoms. The Bertz CT molecular complexity index is 565. The zero-order valence-electron chi connectivity index (χ0n) is 11.0. The van der Waals surface area contributed by atoms with Gasteiger partial charge in [-0.05, 0) is 37.6 Å². The number of para-hydroxylation sites is 1. The molecule has 1 heterocycles. The summed E-state index contributed by atoms with van der Waals surface area (Å²) in [5, 5.41) is 3.26. The maximum absolute atomic E-state index is 11.5. The van der Waals surface area contributed by atoms with Gasteiger partial charge in [-0.2, -0.15) is 0 Å². The SMILES string of the molecule is CCOC(=O)c1ccc(Nc2ccccc2C)cn1. The van der Waals surface area contributed by atoms with Gasteiger partial charge in [-0.3, -0.25) is 0 Å². The highest BCUT2D eigenvalue weighted by atomic mass is 16.5. The minimum atomic E-state index is -0.398. The molecule has 0 amide bonds. The molecule has 4 nitrogen and oxygen atoms in total. The van der Waals surface area contributed by atoms with Crippen LogP contribution in [0.15, 0.2) is 42.6 Å². The zero-order valence-corrected chi connectivity index (χ0v) is 11.0. The summed E-state index contributed by atoms with van der Waals surface area (Å²) >= 11 is 0. The van der Waals surface area contributed by atoms with Gasteiger partial charge < -0.3 is 10.1 Å². The topological polar surface area (TPSA) is 51.2 Å². The third kappa shape index (κ3) is 3.31. The van der Waals surface area contributed by atoms with Crippen molar-refractivity contribution in [2.75, 3.05) is 11.9 Å². The number of carbonyl (C=O) groups is 1. The van der Waals surface area contributed by atoms with E-state index in [9.17, 15) is 4.79 Å². The molecule has 0 unspecified atom stereocenters. The molecule has 0 fully saturated rings. The van der Waals surface area contributed by atoms with Crippen LogP contribution < -0.4 is 5.32 Å². The fourth-order valence-corrected chi connectivity index (χ4v) is 1.66. The van der Waals surface area contributed by atoms with Crippen molar-refractivity contribution in [3.05, 3.63) is 53.9 Å². The Kier molecular flexibility index (Phi) is 4.13. The first kappa shape index (κ1) is 13.1. The molecule has 0 aliphatic rings. The van der Waals surface area contributed by atoms with Crippen molar-refractivity contribution in [2.24, 2.45) is 0 Å². The second-order valence-electron chi connectivity index (χ2n) is 4.09. The van der Waals surface area contributed by atoms with Crippen LogP contribution in [0.4, 0.5) is 11.4 Å². The Balaban J connectivity index is 2.11. The van der Waals surface area contributed by atoms with E-state index < -0.39 is 5.97 Å². The molecule has 1 N–H and O–H groups in total. The van der Waals surface area contributed by atoms with Crippen LogP contribution in [0.25, 0.3) is 0 Å². The van der Waals surface area contributed by atoms with Crippen LogP contribution in [-0.2, 0) is 4.74 Å². The number of anilines is 2. The van der Waals surface area contributed by atoms with Gasteiger partial charge in [0.05, 0.1) is 18.5 Å². The molecule has 2 rings (SSSR count). The molecule has 19 heavy (non-hydrogen) atoms. The van der Waals surface area contributed by atoms with Gasteiger partial charge in [0.2, 0.25) is 0 Å². The lowest BCUT2D eigenvalue weighted by Gasteiger charge is -2.09.